The summed E-state index contributed by atoms with van der Waals surface area (Å²) in [7, 11) is 2.73. The van der Waals surface area contributed by atoms with Crippen LogP contribution in [0.25, 0.3) is 0 Å². The van der Waals surface area contributed by atoms with E-state index in [1.54, 1.807) is 4.90 Å². The summed E-state index contributed by atoms with van der Waals surface area (Å²) in [5, 5.41) is 9.34. The maximum Gasteiger partial charge on any atom is 0.332 e. The number of rotatable bonds is 2. The molecule has 1 saturated heterocycles. The second-order valence-corrected chi connectivity index (χ2v) is 6.06. The van der Waals surface area contributed by atoms with E-state index in [0.717, 1.165) is 4.57 Å². The molecule has 0 bridgehead atoms. The Morgan fingerprint density at radius 1 is 1.00 bits per heavy atom. The van der Waals surface area contributed by atoms with E-state index in [1.165, 1.54) is 23.6 Å². The van der Waals surface area contributed by atoms with Gasteiger partial charge in [0.1, 0.15) is 11.9 Å². The van der Waals surface area contributed by atoms with Crippen molar-refractivity contribution in [3.8, 4) is 6.07 Å². The molecule has 0 aromatic carbocycles. The van der Waals surface area contributed by atoms with Gasteiger partial charge in [0.15, 0.2) is 23.0 Å². The highest BCUT2D eigenvalue weighted by Crippen LogP contribution is 2.23. The number of hydrogen-bond acceptors (Lipinski definition) is 6. The molecule has 0 spiro atoms. The van der Waals surface area contributed by atoms with Crippen LogP contribution in [0, 0.1) is 28.9 Å². The Morgan fingerprint density at radius 3 is 2.19 bits per heavy atom. The lowest BCUT2D eigenvalue weighted by atomic mass is 10.2. The van der Waals surface area contributed by atoms with E-state index in [9.17, 15) is 28.0 Å². The minimum atomic E-state index is -1.39. The van der Waals surface area contributed by atoms with Crippen molar-refractivity contribution in [1.29, 1.82) is 5.26 Å². The average molecular weight is 380 g/mol. The third kappa shape index (κ3) is 3.03. The number of aromatic nitrogens is 3. The van der Waals surface area contributed by atoms with Crippen LogP contribution in [-0.2, 0) is 14.1 Å². The number of halogens is 3. The van der Waals surface area contributed by atoms with Crippen LogP contribution < -0.4 is 21.0 Å². The summed E-state index contributed by atoms with van der Waals surface area (Å²) < 4.78 is 42.3. The maximum atomic E-state index is 13.9. The molecule has 0 atom stereocenters. The highest BCUT2D eigenvalue weighted by molar-refractivity contribution is 5.55. The number of hydrogen-bond donors (Lipinski definition) is 0. The van der Waals surface area contributed by atoms with E-state index in [1.807, 2.05) is 6.07 Å². The quantitative estimate of drug-likeness (QED) is 0.687. The van der Waals surface area contributed by atoms with Crippen LogP contribution in [0.1, 0.15) is 5.56 Å². The van der Waals surface area contributed by atoms with Gasteiger partial charge in [-0.05, 0) is 0 Å². The Morgan fingerprint density at radius 2 is 1.59 bits per heavy atom. The van der Waals surface area contributed by atoms with E-state index in [0.29, 0.717) is 6.07 Å². The second-order valence-electron chi connectivity index (χ2n) is 6.06. The highest BCUT2D eigenvalue weighted by atomic mass is 19.2. The van der Waals surface area contributed by atoms with E-state index in [4.69, 9.17) is 0 Å². The molecule has 1 aliphatic heterocycles. The van der Waals surface area contributed by atoms with Gasteiger partial charge in [-0.1, -0.05) is 0 Å². The SMILES string of the molecule is Cn1c(N2CCN(c3nc(F)c(F)cc3F)CC2)c(C#N)c(=O)n(C)c1=O. The largest absolute Gasteiger partial charge is 0.353 e. The highest BCUT2D eigenvalue weighted by Gasteiger charge is 2.27. The van der Waals surface area contributed by atoms with Gasteiger partial charge in [-0.2, -0.15) is 14.6 Å². The Balaban J connectivity index is 1.92. The summed E-state index contributed by atoms with van der Waals surface area (Å²) in [5.41, 5.74) is -1.46. The van der Waals surface area contributed by atoms with Crippen molar-refractivity contribution in [3.05, 3.63) is 50.1 Å². The van der Waals surface area contributed by atoms with Crippen molar-refractivity contribution < 1.29 is 13.2 Å². The monoisotopic (exact) mass is 380 g/mol. The molecule has 1 fully saturated rings. The van der Waals surface area contributed by atoms with E-state index >= 15 is 0 Å². The minimum Gasteiger partial charge on any atom is -0.353 e. The summed E-state index contributed by atoms with van der Waals surface area (Å²) in [6, 6.07) is 2.26. The van der Waals surface area contributed by atoms with Crippen molar-refractivity contribution in [2.45, 2.75) is 0 Å². The molecule has 0 N–H and O–H groups in total. The first-order valence-corrected chi connectivity index (χ1v) is 7.97. The van der Waals surface area contributed by atoms with Gasteiger partial charge in [0.25, 0.3) is 11.5 Å². The molecule has 0 unspecified atom stereocenters. The van der Waals surface area contributed by atoms with Crippen LogP contribution in [0.15, 0.2) is 15.7 Å². The number of pyridine rings is 1. The molecule has 0 amide bonds. The van der Waals surface area contributed by atoms with Crippen LogP contribution in [-0.4, -0.2) is 40.3 Å². The zero-order chi connectivity index (χ0) is 19.9. The number of anilines is 2. The molecule has 2 aromatic heterocycles. The Labute approximate surface area is 151 Å². The van der Waals surface area contributed by atoms with Crippen molar-refractivity contribution in [1.82, 2.24) is 14.1 Å². The first kappa shape index (κ1) is 18.5. The van der Waals surface area contributed by atoms with Gasteiger partial charge in [0, 0.05) is 46.3 Å². The molecule has 2 aromatic rings. The number of nitrogens with zero attached hydrogens (tertiary/aromatic N) is 6. The predicted octanol–water partition coefficient (Wildman–Crippen LogP) is 0.0946. The number of piperazine rings is 1. The molecule has 0 radical (unpaired) electrons. The first-order valence-electron chi connectivity index (χ1n) is 7.97. The van der Waals surface area contributed by atoms with Gasteiger partial charge in [0.2, 0.25) is 0 Å². The Kier molecular flexibility index (Phi) is 4.65. The molecule has 27 heavy (non-hydrogen) atoms. The van der Waals surface area contributed by atoms with Crippen molar-refractivity contribution in [2.75, 3.05) is 36.0 Å². The van der Waals surface area contributed by atoms with Gasteiger partial charge < -0.3 is 9.80 Å². The number of nitriles is 1. The van der Waals surface area contributed by atoms with Crippen LogP contribution >= 0.6 is 0 Å². The third-order valence-electron chi connectivity index (χ3n) is 4.49. The molecular weight excluding hydrogens is 365 g/mol. The Hall–Kier alpha value is -3.29. The molecule has 11 heteroatoms. The normalized spacial score (nSPS) is 14.4. The summed E-state index contributed by atoms with van der Waals surface area (Å²) >= 11 is 0. The predicted molar refractivity (Wildman–Crippen MR) is 90.2 cm³/mol. The van der Waals surface area contributed by atoms with Gasteiger partial charge in [-0.25, -0.2) is 13.6 Å². The van der Waals surface area contributed by atoms with Crippen molar-refractivity contribution in [2.24, 2.45) is 14.1 Å². The van der Waals surface area contributed by atoms with Gasteiger partial charge in [-0.15, -0.1) is 0 Å². The van der Waals surface area contributed by atoms with Crippen molar-refractivity contribution >= 4 is 11.6 Å². The fourth-order valence-electron chi connectivity index (χ4n) is 3.09. The molecule has 3 heterocycles. The van der Waals surface area contributed by atoms with E-state index in [2.05, 4.69) is 4.98 Å². The van der Waals surface area contributed by atoms with Crippen molar-refractivity contribution in [3.63, 3.8) is 0 Å². The molecule has 3 rings (SSSR count). The summed E-state index contributed by atoms with van der Waals surface area (Å²) in [4.78, 5) is 30.7. The molecule has 142 valence electrons. The van der Waals surface area contributed by atoms with Crippen LogP contribution in [0.4, 0.5) is 24.8 Å². The van der Waals surface area contributed by atoms with E-state index in [-0.39, 0.29) is 43.4 Å². The minimum absolute atomic E-state index is 0.170. The lowest BCUT2D eigenvalue weighted by molar-refractivity contribution is 0.461. The molecule has 1 aliphatic rings. The third-order valence-corrected chi connectivity index (χ3v) is 4.49. The fraction of sp³-hybridized carbons (Fsp3) is 0.375. The zero-order valence-corrected chi connectivity index (χ0v) is 14.5. The summed E-state index contributed by atoms with van der Waals surface area (Å²) in [6.07, 6.45) is 0. The van der Waals surface area contributed by atoms with Gasteiger partial charge in [-0.3, -0.25) is 13.9 Å². The smallest absolute Gasteiger partial charge is 0.332 e. The lowest BCUT2D eigenvalue weighted by Crippen LogP contribution is -2.50. The second kappa shape index (κ2) is 6.79. The molecule has 0 saturated carbocycles. The fourth-order valence-corrected chi connectivity index (χ4v) is 3.09. The van der Waals surface area contributed by atoms with Crippen LogP contribution in [0.3, 0.4) is 0 Å². The van der Waals surface area contributed by atoms with Gasteiger partial charge in [0.05, 0.1) is 0 Å². The lowest BCUT2D eigenvalue weighted by Gasteiger charge is -2.37. The maximum absolute atomic E-state index is 13.9. The van der Waals surface area contributed by atoms with E-state index < -0.39 is 28.8 Å². The van der Waals surface area contributed by atoms with Gasteiger partial charge >= 0.3 is 5.69 Å². The summed E-state index contributed by atoms with van der Waals surface area (Å²) in [5.74, 6) is -3.89. The molecule has 0 aliphatic carbocycles. The topological polar surface area (TPSA) is 87.2 Å². The first-order chi connectivity index (χ1) is 12.8. The average Bonchev–Trinajstić information content (AvgIpc) is 2.66. The Bertz CT molecular complexity index is 1060. The standard InChI is InChI=1S/C16H15F3N6O2/c1-22-14(9(8-20)15(26)23(2)16(22)27)25-5-3-24(4-6-25)13-11(18)7-10(17)12(19)21-13/h7H,3-6H2,1-2H3. The van der Waals surface area contributed by atoms with Crippen LogP contribution in [0.2, 0.25) is 0 Å². The summed E-state index contributed by atoms with van der Waals surface area (Å²) in [6.45, 7) is 0.775. The zero-order valence-electron chi connectivity index (χ0n) is 14.5. The molecule has 8 nitrogen and oxygen atoms in total. The van der Waals surface area contributed by atoms with Crippen LogP contribution in [0.5, 0.6) is 0 Å². The molecular formula is C16H15F3N6O2.